The van der Waals surface area contributed by atoms with Crippen LogP contribution in [0, 0.1) is 5.41 Å². The summed E-state index contributed by atoms with van der Waals surface area (Å²) in [7, 11) is 1.88. The number of likely N-dealkylation sites (N-methyl/N-ethyl adjacent to an activating group) is 1. The molecule has 16 heavy (non-hydrogen) atoms. The van der Waals surface area contributed by atoms with Crippen molar-refractivity contribution >= 4 is 11.5 Å². The van der Waals surface area contributed by atoms with Gasteiger partial charge in [-0.25, -0.2) is 0 Å². The van der Waals surface area contributed by atoms with Gasteiger partial charge in [0.05, 0.1) is 17.5 Å². The number of nitrogens with one attached hydrogen (secondary N) is 1. The Morgan fingerprint density at radius 3 is 2.56 bits per heavy atom. The lowest BCUT2D eigenvalue weighted by Crippen LogP contribution is -2.36. The van der Waals surface area contributed by atoms with E-state index in [4.69, 9.17) is 11.1 Å². The van der Waals surface area contributed by atoms with Crippen LogP contribution >= 0.6 is 0 Å². The van der Waals surface area contributed by atoms with Crippen LogP contribution in [0.1, 0.15) is 19.5 Å². The van der Waals surface area contributed by atoms with Gasteiger partial charge in [0.2, 0.25) is 0 Å². The summed E-state index contributed by atoms with van der Waals surface area (Å²) in [4.78, 5) is 5.96. The van der Waals surface area contributed by atoms with Crippen LogP contribution in [-0.4, -0.2) is 35.1 Å². The highest BCUT2D eigenvalue weighted by Gasteiger charge is 2.16. The molecule has 5 nitrogen and oxygen atoms in total. The molecule has 0 aliphatic rings. The summed E-state index contributed by atoms with van der Waals surface area (Å²) in [5.74, 6) is -0.0447. The fourth-order valence-electron chi connectivity index (χ4n) is 1.44. The minimum Gasteiger partial charge on any atom is -0.389 e. The van der Waals surface area contributed by atoms with Crippen LogP contribution in [0.3, 0.4) is 0 Å². The first-order valence-corrected chi connectivity index (χ1v) is 5.03. The molecule has 1 rings (SSSR count). The zero-order chi connectivity index (χ0) is 12.3. The van der Waals surface area contributed by atoms with Crippen molar-refractivity contribution in [3.05, 3.63) is 24.0 Å². The molecular weight excluding hydrogens is 204 g/mol. The largest absolute Gasteiger partial charge is 0.389 e. The molecule has 0 aliphatic carbocycles. The second kappa shape index (κ2) is 4.49. The zero-order valence-electron chi connectivity index (χ0n) is 9.86. The average molecular weight is 222 g/mol. The highest BCUT2D eigenvalue weighted by Crippen LogP contribution is 2.14. The second-order valence-corrected chi connectivity index (χ2v) is 4.48. The molecule has 0 amide bonds. The average Bonchev–Trinajstić information content (AvgIpc) is 2.15. The normalized spacial score (nSPS) is 11.2. The zero-order valence-corrected chi connectivity index (χ0v) is 9.86. The molecule has 0 unspecified atom stereocenters. The van der Waals surface area contributed by atoms with Crippen LogP contribution < -0.4 is 10.6 Å². The smallest absolute Gasteiger partial charge is 0.141 e. The third kappa shape index (κ3) is 3.51. The summed E-state index contributed by atoms with van der Waals surface area (Å²) in [5, 5.41) is 16.9. The number of nitrogens with two attached hydrogens (primary N) is 1. The standard InChI is InChI=1S/C11H18N4O/c1-11(2,16)7-15(3)8-4-5-9(10(12)13)14-6-8/h4-6,16H,7H2,1-3H3,(H3,12,13). The number of nitrogens with zero attached hydrogens (tertiary/aromatic N) is 2. The van der Waals surface area contributed by atoms with E-state index in [-0.39, 0.29) is 5.84 Å². The molecule has 0 saturated heterocycles. The van der Waals surface area contributed by atoms with Crippen molar-refractivity contribution in [2.75, 3.05) is 18.5 Å². The van der Waals surface area contributed by atoms with Gasteiger partial charge in [-0.05, 0) is 26.0 Å². The predicted molar refractivity (Wildman–Crippen MR) is 64.8 cm³/mol. The Morgan fingerprint density at radius 1 is 1.56 bits per heavy atom. The Balaban J connectivity index is 2.78. The van der Waals surface area contributed by atoms with E-state index in [0.717, 1.165) is 5.69 Å². The molecule has 0 saturated carbocycles. The summed E-state index contributed by atoms with van der Waals surface area (Å²) < 4.78 is 0. The number of aliphatic hydroxyl groups is 1. The SMILES string of the molecule is CN(CC(C)(C)O)c1ccc(C(=N)N)nc1. The lowest BCUT2D eigenvalue weighted by Gasteiger charge is -2.26. The molecule has 1 aromatic rings. The van der Waals surface area contributed by atoms with Gasteiger partial charge in [0.1, 0.15) is 11.5 Å². The fraction of sp³-hybridized carbons (Fsp3) is 0.455. The van der Waals surface area contributed by atoms with Crippen molar-refractivity contribution in [1.82, 2.24) is 4.98 Å². The van der Waals surface area contributed by atoms with Gasteiger partial charge in [0, 0.05) is 13.6 Å². The molecular formula is C11H18N4O. The Bertz CT molecular complexity index is 367. The Kier molecular flexibility index (Phi) is 3.49. The van der Waals surface area contributed by atoms with E-state index in [1.807, 2.05) is 18.0 Å². The first-order chi connectivity index (χ1) is 7.29. The molecule has 0 atom stereocenters. The molecule has 88 valence electrons. The van der Waals surface area contributed by atoms with Gasteiger partial charge in [-0.1, -0.05) is 0 Å². The first kappa shape index (κ1) is 12.4. The van der Waals surface area contributed by atoms with Gasteiger partial charge in [0.25, 0.3) is 0 Å². The molecule has 1 aromatic heterocycles. The third-order valence-corrected chi connectivity index (χ3v) is 2.09. The number of pyridine rings is 1. The van der Waals surface area contributed by atoms with E-state index in [9.17, 15) is 5.11 Å². The minimum absolute atomic E-state index is 0.0447. The fourth-order valence-corrected chi connectivity index (χ4v) is 1.44. The number of hydrogen-bond donors (Lipinski definition) is 3. The van der Waals surface area contributed by atoms with Crippen molar-refractivity contribution < 1.29 is 5.11 Å². The van der Waals surface area contributed by atoms with Gasteiger partial charge < -0.3 is 15.7 Å². The number of anilines is 1. The van der Waals surface area contributed by atoms with E-state index < -0.39 is 5.60 Å². The number of hydrogen-bond acceptors (Lipinski definition) is 4. The maximum Gasteiger partial charge on any atom is 0.141 e. The van der Waals surface area contributed by atoms with Crippen LogP contribution in [-0.2, 0) is 0 Å². The molecule has 5 heteroatoms. The Hall–Kier alpha value is -1.62. The van der Waals surface area contributed by atoms with Crippen LogP contribution in [0.2, 0.25) is 0 Å². The topological polar surface area (TPSA) is 86.2 Å². The summed E-state index contributed by atoms with van der Waals surface area (Å²) >= 11 is 0. The van der Waals surface area contributed by atoms with E-state index in [0.29, 0.717) is 12.2 Å². The third-order valence-electron chi connectivity index (χ3n) is 2.09. The quantitative estimate of drug-likeness (QED) is 0.513. The summed E-state index contributed by atoms with van der Waals surface area (Å²) in [6.07, 6.45) is 1.64. The summed E-state index contributed by atoms with van der Waals surface area (Å²) in [5.41, 5.74) is 5.89. The van der Waals surface area contributed by atoms with E-state index in [1.165, 1.54) is 0 Å². The molecule has 1 heterocycles. The summed E-state index contributed by atoms with van der Waals surface area (Å²) in [6.45, 7) is 4.01. The molecule has 0 aromatic carbocycles. The van der Waals surface area contributed by atoms with Crippen LogP contribution in [0.5, 0.6) is 0 Å². The molecule has 0 aliphatic heterocycles. The van der Waals surface area contributed by atoms with Gasteiger partial charge in [-0.15, -0.1) is 0 Å². The molecule has 0 fully saturated rings. The lowest BCUT2D eigenvalue weighted by atomic mass is 10.1. The van der Waals surface area contributed by atoms with Gasteiger partial charge in [-0.2, -0.15) is 0 Å². The molecule has 0 radical (unpaired) electrons. The van der Waals surface area contributed by atoms with Gasteiger partial charge >= 0.3 is 0 Å². The van der Waals surface area contributed by atoms with Crippen molar-refractivity contribution in [1.29, 1.82) is 5.41 Å². The van der Waals surface area contributed by atoms with Gasteiger partial charge in [-0.3, -0.25) is 10.4 Å². The highest BCUT2D eigenvalue weighted by atomic mass is 16.3. The molecule has 0 bridgehead atoms. The van der Waals surface area contributed by atoms with Gasteiger partial charge in [0.15, 0.2) is 0 Å². The van der Waals surface area contributed by atoms with Crippen molar-refractivity contribution in [3.63, 3.8) is 0 Å². The van der Waals surface area contributed by atoms with E-state index >= 15 is 0 Å². The Morgan fingerprint density at radius 2 is 2.19 bits per heavy atom. The van der Waals surface area contributed by atoms with Crippen LogP contribution in [0.15, 0.2) is 18.3 Å². The summed E-state index contributed by atoms with van der Waals surface area (Å²) in [6, 6.07) is 3.52. The van der Waals surface area contributed by atoms with Crippen molar-refractivity contribution in [2.24, 2.45) is 5.73 Å². The van der Waals surface area contributed by atoms with Crippen molar-refractivity contribution in [3.8, 4) is 0 Å². The Labute approximate surface area is 95.4 Å². The molecule has 0 spiro atoms. The number of nitrogen functional groups attached to an aromatic ring is 1. The van der Waals surface area contributed by atoms with Crippen LogP contribution in [0.25, 0.3) is 0 Å². The maximum atomic E-state index is 9.68. The first-order valence-electron chi connectivity index (χ1n) is 5.03. The monoisotopic (exact) mass is 222 g/mol. The number of rotatable bonds is 4. The van der Waals surface area contributed by atoms with Crippen molar-refractivity contribution in [2.45, 2.75) is 19.4 Å². The van der Waals surface area contributed by atoms with E-state index in [1.54, 1.807) is 26.1 Å². The second-order valence-electron chi connectivity index (χ2n) is 4.48. The maximum absolute atomic E-state index is 9.68. The number of amidine groups is 1. The van der Waals surface area contributed by atoms with E-state index in [2.05, 4.69) is 4.98 Å². The van der Waals surface area contributed by atoms with Crippen LogP contribution in [0.4, 0.5) is 5.69 Å². The lowest BCUT2D eigenvalue weighted by molar-refractivity contribution is 0.0886. The molecule has 4 N–H and O–H groups in total. The predicted octanol–water partition coefficient (Wildman–Crippen LogP) is 0.573. The number of aromatic nitrogens is 1. The highest BCUT2D eigenvalue weighted by molar-refractivity contribution is 5.93. The minimum atomic E-state index is -0.756.